The van der Waals surface area contributed by atoms with Gasteiger partial charge in [0.15, 0.2) is 0 Å². The Kier molecular flexibility index (Phi) is 4.02. The number of tetrazole rings is 1. The summed E-state index contributed by atoms with van der Waals surface area (Å²) in [6, 6.07) is 16.9. The lowest BCUT2D eigenvalue weighted by Crippen LogP contribution is -2.13. The zero-order valence-corrected chi connectivity index (χ0v) is 14.1. The fourth-order valence-electron chi connectivity index (χ4n) is 2.49. The van der Waals surface area contributed by atoms with Crippen molar-refractivity contribution in [2.45, 2.75) is 17.3 Å². The second-order valence-corrected chi connectivity index (χ2v) is 6.75. The number of H-pyrrole nitrogens is 1. The van der Waals surface area contributed by atoms with Crippen molar-refractivity contribution in [3.63, 3.8) is 0 Å². The van der Waals surface area contributed by atoms with E-state index in [9.17, 15) is 4.79 Å². The van der Waals surface area contributed by atoms with E-state index in [1.165, 1.54) is 11.8 Å². The average molecular weight is 350 g/mol. The van der Waals surface area contributed by atoms with E-state index in [1.807, 2.05) is 55.5 Å². The predicted octanol–water partition coefficient (Wildman–Crippen LogP) is 2.75. The molecule has 7 nitrogen and oxygen atoms in total. The van der Waals surface area contributed by atoms with Gasteiger partial charge in [0.05, 0.1) is 21.8 Å². The van der Waals surface area contributed by atoms with Gasteiger partial charge in [0.2, 0.25) is 5.16 Å². The third-order valence-electron chi connectivity index (χ3n) is 3.74. The van der Waals surface area contributed by atoms with Crippen molar-refractivity contribution in [3.8, 4) is 5.69 Å². The first-order valence-corrected chi connectivity index (χ1v) is 8.60. The molecule has 0 unspecified atom stereocenters. The Bertz CT molecular complexity index is 1080. The molecule has 2 aromatic heterocycles. The van der Waals surface area contributed by atoms with Crippen molar-refractivity contribution in [1.82, 2.24) is 30.2 Å². The zero-order valence-electron chi connectivity index (χ0n) is 13.3. The van der Waals surface area contributed by atoms with Crippen molar-refractivity contribution >= 4 is 22.7 Å². The SMILES string of the molecule is C[C@H](Sc1nnnn1-c1ccccc1)c1nc2ccccc2c(=O)[nH]1. The largest absolute Gasteiger partial charge is 0.309 e. The first-order chi connectivity index (χ1) is 12.2. The smallest absolute Gasteiger partial charge is 0.258 e. The number of aromatic amines is 1. The minimum atomic E-state index is -0.143. The maximum atomic E-state index is 12.2. The minimum Gasteiger partial charge on any atom is -0.309 e. The third-order valence-corrected chi connectivity index (χ3v) is 4.78. The van der Waals surface area contributed by atoms with Crippen LogP contribution < -0.4 is 5.56 Å². The Labute approximate surface area is 147 Å². The average Bonchev–Trinajstić information content (AvgIpc) is 3.10. The molecule has 0 aliphatic heterocycles. The molecule has 0 bridgehead atoms. The van der Waals surface area contributed by atoms with E-state index < -0.39 is 0 Å². The van der Waals surface area contributed by atoms with Crippen molar-refractivity contribution in [1.29, 1.82) is 0 Å². The number of hydrogen-bond acceptors (Lipinski definition) is 6. The van der Waals surface area contributed by atoms with Gasteiger partial charge in [0.25, 0.3) is 5.56 Å². The van der Waals surface area contributed by atoms with Crippen molar-refractivity contribution in [2.24, 2.45) is 0 Å². The standard InChI is InChI=1S/C17H14N6OS/c1-11(15-18-14-10-6-5-9-13(14)16(24)19-15)25-17-20-21-22-23(17)12-7-3-2-4-8-12/h2-11H,1H3,(H,18,19,24)/t11-/m0/s1. The van der Waals surface area contributed by atoms with Crippen LogP contribution in [0.3, 0.4) is 0 Å². The molecule has 2 heterocycles. The number of rotatable bonds is 4. The van der Waals surface area contributed by atoms with Crippen LogP contribution in [0.4, 0.5) is 0 Å². The highest BCUT2D eigenvalue weighted by atomic mass is 32.2. The molecule has 0 aliphatic carbocycles. The zero-order chi connectivity index (χ0) is 17.2. The van der Waals surface area contributed by atoms with Gasteiger partial charge in [0, 0.05) is 0 Å². The summed E-state index contributed by atoms with van der Waals surface area (Å²) in [4.78, 5) is 19.7. The summed E-state index contributed by atoms with van der Waals surface area (Å²) in [5, 5.41) is 13.0. The van der Waals surface area contributed by atoms with E-state index in [0.29, 0.717) is 21.9 Å². The number of para-hydroxylation sites is 2. The number of aromatic nitrogens is 6. The van der Waals surface area contributed by atoms with Crippen LogP contribution in [0, 0.1) is 0 Å². The maximum Gasteiger partial charge on any atom is 0.258 e. The van der Waals surface area contributed by atoms with E-state index in [4.69, 9.17) is 0 Å². The van der Waals surface area contributed by atoms with E-state index in [1.54, 1.807) is 10.7 Å². The van der Waals surface area contributed by atoms with Crippen molar-refractivity contribution in [3.05, 3.63) is 70.8 Å². The normalized spacial score (nSPS) is 12.4. The second kappa shape index (κ2) is 6.48. The third kappa shape index (κ3) is 3.03. The number of benzene rings is 2. The molecule has 4 rings (SSSR count). The molecule has 0 radical (unpaired) electrons. The van der Waals surface area contributed by atoms with Crippen molar-refractivity contribution in [2.75, 3.05) is 0 Å². The molecular weight excluding hydrogens is 336 g/mol. The first-order valence-electron chi connectivity index (χ1n) is 7.72. The van der Waals surface area contributed by atoms with Crippen LogP contribution in [0.25, 0.3) is 16.6 Å². The van der Waals surface area contributed by atoms with E-state index in [2.05, 4.69) is 25.5 Å². The topological polar surface area (TPSA) is 89.3 Å². The highest BCUT2D eigenvalue weighted by Gasteiger charge is 2.17. The fraction of sp³-hybridized carbons (Fsp3) is 0.118. The Balaban J connectivity index is 1.67. The summed E-state index contributed by atoms with van der Waals surface area (Å²) in [5.41, 5.74) is 1.41. The second-order valence-electron chi connectivity index (χ2n) is 5.44. The molecule has 1 N–H and O–H groups in total. The molecule has 0 aliphatic rings. The van der Waals surface area contributed by atoms with Gasteiger partial charge in [0.1, 0.15) is 5.82 Å². The lowest BCUT2D eigenvalue weighted by Gasteiger charge is -2.11. The molecule has 0 saturated carbocycles. The monoisotopic (exact) mass is 350 g/mol. The minimum absolute atomic E-state index is 0.120. The van der Waals surface area contributed by atoms with Gasteiger partial charge < -0.3 is 4.98 Å². The summed E-state index contributed by atoms with van der Waals surface area (Å²) in [6.45, 7) is 1.96. The van der Waals surface area contributed by atoms with E-state index in [0.717, 1.165) is 5.69 Å². The predicted molar refractivity (Wildman–Crippen MR) is 95.8 cm³/mol. The molecular formula is C17H14N6OS. The van der Waals surface area contributed by atoms with E-state index >= 15 is 0 Å². The molecule has 0 spiro atoms. The molecule has 25 heavy (non-hydrogen) atoms. The molecule has 0 saturated heterocycles. The molecule has 0 fully saturated rings. The summed E-state index contributed by atoms with van der Waals surface area (Å²) < 4.78 is 1.67. The lowest BCUT2D eigenvalue weighted by molar-refractivity contribution is 0.754. The maximum absolute atomic E-state index is 12.2. The number of fused-ring (bicyclic) bond motifs is 1. The van der Waals surface area contributed by atoms with Gasteiger partial charge in [-0.15, -0.1) is 5.10 Å². The first kappa shape index (κ1) is 15.5. The highest BCUT2D eigenvalue weighted by molar-refractivity contribution is 7.99. The quantitative estimate of drug-likeness (QED) is 0.569. The fourth-order valence-corrected chi connectivity index (χ4v) is 3.36. The molecule has 124 valence electrons. The van der Waals surface area contributed by atoms with Gasteiger partial charge in [-0.1, -0.05) is 42.1 Å². The van der Waals surface area contributed by atoms with Gasteiger partial charge in [-0.2, -0.15) is 4.68 Å². The number of hydrogen-bond donors (Lipinski definition) is 1. The number of thioether (sulfide) groups is 1. The summed E-state index contributed by atoms with van der Waals surface area (Å²) in [7, 11) is 0. The Morgan fingerprint density at radius 2 is 1.84 bits per heavy atom. The summed E-state index contributed by atoms with van der Waals surface area (Å²) in [6.07, 6.45) is 0. The van der Waals surface area contributed by atoms with Crippen molar-refractivity contribution < 1.29 is 0 Å². The Morgan fingerprint density at radius 3 is 2.68 bits per heavy atom. The van der Waals surface area contributed by atoms with Crippen LogP contribution in [0.5, 0.6) is 0 Å². The van der Waals surface area contributed by atoms with Crippen LogP contribution in [0.1, 0.15) is 18.0 Å². The Hall–Kier alpha value is -3.00. The molecule has 4 aromatic rings. The van der Waals surface area contributed by atoms with Crippen LogP contribution in [-0.4, -0.2) is 30.2 Å². The van der Waals surface area contributed by atoms with Gasteiger partial charge in [-0.3, -0.25) is 4.79 Å². The summed E-state index contributed by atoms with van der Waals surface area (Å²) in [5.74, 6) is 0.594. The highest BCUT2D eigenvalue weighted by Crippen LogP contribution is 2.32. The molecule has 8 heteroatoms. The van der Waals surface area contributed by atoms with E-state index in [-0.39, 0.29) is 10.8 Å². The van der Waals surface area contributed by atoms with Gasteiger partial charge in [-0.25, -0.2) is 4.98 Å². The Morgan fingerprint density at radius 1 is 1.08 bits per heavy atom. The molecule has 1 atom stereocenters. The lowest BCUT2D eigenvalue weighted by atomic mass is 10.2. The summed E-state index contributed by atoms with van der Waals surface area (Å²) >= 11 is 1.44. The van der Waals surface area contributed by atoms with Crippen LogP contribution in [0.15, 0.2) is 64.5 Å². The van der Waals surface area contributed by atoms with Gasteiger partial charge in [-0.05, 0) is 41.6 Å². The van der Waals surface area contributed by atoms with Gasteiger partial charge >= 0.3 is 0 Å². The molecule has 2 aromatic carbocycles. The van der Waals surface area contributed by atoms with Crippen LogP contribution in [-0.2, 0) is 0 Å². The number of nitrogens with one attached hydrogen (secondary N) is 1. The molecule has 0 amide bonds. The van der Waals surface area contributed by atoms with Crippen LogP contribution >= 0.6 is 11.8 Å². The van der Waals surface area contributed by atoms with Crippen LogP contribution in [0.2, 0.25) is 0 Å². The number of nitrogens with zero attached hydrogens (tertiary/aromatic N) is 5.